The number of benzene rings is 1. The van der Waals surface area contributed by atoms with Crippen molar-refractivity contribution in [3.8, 4) is 0 Å². The number of rotatable bonds is 5. The number of ether oxygens (including phenoxy) is 1. The predicted molar refractivity (Wildman–Crippen MR) is 68.4 cm³/mol. The van der Waals surface area contributed by atoms with Gasteiger partial charge in [0.25, 0.3) is 0 Å². The van der Waals surface area contributed by atoms with Crippen molar-refractivity contribution in [1.82, 2.24) is 14.8 Å². The lowest BCUT2D eigenvalue weighted by Crippen LogP contribution is -2.07. The van der Waals surface area contributed by atoms with E-state index in [0.29, 0.717) is 18.4 Å². The van der Waals surface area contributed by atoms with Crippen LogP contribution in [0.3, 0.4) is 0 Å². The first-order chi connectivity index (χ1) is 8.90. The average molecular weight is 243 g/mol. The third kappa shape index (κ3) is 2.16. The van der Waals surface area contributed by atoms with Crippen LogP contribution in [0.1, 0.15) is 29.6 Å². The minimum Gasteiger partial charge on any atom is -0.383 e. The van der Waals surface area contributed by atoms with Gasteiger partial charge in [0.05, 0.1) is 6.61 Å². The zero-order chi connectivity index (χ0) is 12.4. The highest BCUT2D eigenvalue weighted by molar-refractivity contribution is 5.31. The molecule has 18 heavy (non-hydrogen) atoms. The van der Waals surface area contributed by atoms with Gasteiger partial charge in [-0.25, -0.2) is 0 Å². The van der Waals surface area contributed by atoms with Crippen molar-refractivity contribution in [2.45, 2.75) is 24.8 Å². The van der Waals surface area contributed by atoms with E-state index in [1.54, 1.807) is 13.4 Å². The molecule has 3 rings (SSSR count). The van der Waals surface area contributed by atoms with Crippen molar-refractivity contribution in [2.75, 3.05) is 13.7 Å². The number of nitrogens with zero attached hydrogens (tertiary/aromatic N) is 3. The molecule has 0 saturated heterocycles. The van der Waals surface area contributed by atoms with Crippen molar-refractivity contribution in [2.24, 2.45) is 0 Å². The molecule has 2 atom stereocenters. The Balaban J connectivity index is 1.73. The molecule has 1 aliphatic rings. The van der Waals surface area contributed by atoms with E-state index in [2.05, 4.69) is 45.1 Å². The Bertz CT molecular complexity index is 509. The third-order valence-corrected chi connectivity index (χ3v) is 3.53. The molecule has 4 nitrogen and oxygen atoms in total. The summed E-state index contributed by atoms with van der Waals surface area (Å²) >= 11 is 0. The summed E-state index contributed by atoms with van der Waals surface area (Å²) in [4.78, 5) is 0. The zero-order valence-corrected chi connectivity index (χ0v) is 10.5. The molecule has 0 spiro atoms. The third-order valence-electron chi connectivity index (χ3n) is 3.53. The Morgan fingerprint density at radius 3 is 2.89 bits per heavy atom. The first-order valence-electron chi connectivity index (χ1n) is 6.31. The molecule has 94 valence electrons. The fourth-order valence-corrected chi connectivity index (χ4v) is 2.46. The summed E-state index contributed by atoms with van der Waals surface area (Å²) in [5, 5.41) is 8.29. The van der Waals surface area contributed by atoms with Gasteiger partial charge in [-0.15, -0.1) is 10.2 Å². The molecule has 1 aromatic carbocycles. The van der Waals surface area contributed by atoms with Gasteiger partial charge in [0.2, 0.25) is 0 Å². The van der Waals surface area contributed by atoms with Crippen LogP contribution in [0.5, 0.6) is 0 Å². The predicted octanol–water partition coefficient (Wildman–Crippen LogP) is 2.20. The van der Waals surface area contributed by atoms with E-state index in [9.17, 15) is 0 Å². The lowest BCUT2D eigenvalue weighted by molar-refractivity contribution is 0.186. The van der Waals surface area contributed by atoms with Gasteiger partial charge in [0.1, 0.15) is 12.2 Å². The summed E-state index contributed by atoms with van der Waals surface area (Å²) in [7, 11) is 1.72. The molecule has 1 aromatic heterocycles. The summed E-state index contributed by atoms with van der Waals surface area (Å²) in [6.07, 6.45) is 2.98. The van der Waals surface area contributed by atoms with Crippen LogP contribution in [-0.2, 0) is 11.3 Å². The van der Waals surface area contributed by atoms with E-state index >= 15 is 0 Å². The molecule has 0 radical (unpaired) electrons. The molecular weight excluding hydrogens is 226 g/mol. The molecule has 0 bridgehead atoms. The van der Waals surface area contributed by atoms with Crippen LogP contribution in [0.15, 0.2) is 36.7 Å². The highest BCUT2D eigenvalue weighted by Crippen LogP contribution is 2.53. The van der Waals surface area contributed by atoms with E-state index < -0.39 is 0 Å². The molecule has 1 saturated carbocycles. The molecule has 1 fully saturated rings. The van der Waals surface area contributed by atoms with Crippen LogP contribution in [0.25, 0.3) is 0 Å². The van der Waals surface area contributed by atoms with Gasteiger partial charge >= 0.3 is 0 Å². The Kier molecular flexibility index (Phi) is 3.11. The maximum absolute atomic E-state index is 5.11. The van der Waals surface area contributed by atoms with Gasteiger partial charge < -0.3 is 9.30 Å². The van der Waals surface area contributed by atoms with E-state index in [0.717, 1.165) is 12.4 Å². The van der Waals surface area contributed by atoms with E-state index in [1.165, 1.54) is 12.0 Å². The van der Waals surface area contributed by atoms with Gasteiger partial charge in [-0.2, -0.15) is 0 Å². The first-order valence-corrected chi connectivity index (χ1v) is 6.31. The minimum atomic E-state index is 0.520. The number of hydrogen-bond donors (Lipinski definition) is 0. The summed E-state index contributed by atoms with van der Waals surface area (Å²) in [6.45, 7) is 1.53. The van der Waals surface area contributed by atoms with E-state index in [-0.39, 0.29) is 0 Å². The first kappa shape index (κ1) is 11.4. The maximum atomic E-state index is 5.11. The highest BCUT2D eigenvalue weighted by Gasteiger charge is 2.42. The summed E-state index contributed by atoms with van der Waals surface area (Å²) in [6, 6.07) is 10.6. The Morgan fingerprint density at radius 2 is 2.11 bits per heavy atom. The van der Waals surface area contributed by atoms with Crippen LogP contribution in [0.2, 0.25) is 0 Å². The monoisotopic (exact) mass is 243 g/mol. The van der Waals surface area contributed by atoms with E-state index in [4.69, 9.17) is 4.74 Å². The molecule has 0 N–H and O–H groups in total. The second kappa shape index (κ2) is 4.90. The highest BCUT2D eigenvalue weighted by atomic mass is 16.5. The number of hydrogen-bond acceptors (Lipinski definition) is 3. The maximum Gasteiger partial charge on any atom is 0.136 e. The molecular formula is C14H17N3O. The molecule has 2 aromatic rings. The average Bonchev–Trinajstić information content (AvgIpc) is 3.08. The topological polar surface area (TPSA) is 39.9 Å². The molecule has 1 heterocycles. The Labute approximate surface area is 107 Å². The lowest BCUT2D eigenvalue weighted by atomic mass is 10.1. The van der Waals surface area contributed by atoms with Gasteiger partial charge in [-0.1, -0.05) is 30.3 Å². The smallest absolute Gasteiger partial charge is 0.136 e. The lowest BCUT2D eigenvalue weighted by Gasteiger charge is -2.05. The van der Waals surface area contributed by atoms with Gasteiger partial charge in [-0.3, -0.25) is 0 Å². The minimum absolute atomic E-state index is 0.520. The van der Waals surface area contributed by atoms with Crippen LogP contribution in [0, 0.1) is 0 Å². The van der Waals surface area contributed by atoms with Gasteiger partial charge in [0, 0.05) is 19.6 Å². The number of methoxy groups -OCH3 is 1. The van der Waals surface area contributed by atoms with Crippen molar-refractivity contribution in [3.63, 3.8) is 0 Å². The van der Waals surface area contributed by atoms with E-state index in [1.807, 2.05) is 0 Å². The van der Waals surface area contributed by atoms with Gasteiger partial charge in [-0.05, 0) is 17.9 Å². The molecule has 4 heteroatoms. The fourth-order valence-electron chi connectivity index (χ4n) is 2.46. The van der Waals surface area contributed by atoms with Crippen molar-refractivity contribution in [1.29, 1.82) is 0 Å². The van der Waals surface area contributed by atoms with Crippen LogP contribution < -0.4 is 0 Å². The molecule has 0 aliphatic heterocycles. The van der Waals surface area contributed by atoms with Gasteiger partial charge in [0.15, 0.2) is 0 Å². The van der Waals surface area contributed by atoms with Crippen LogP contribution in [0.4, 0.5) is 0 Å². The molecule has 0 amide bonds. The van der Waals surface area contributed by atoms with Crippen molar-refractivity contribution in [3.05, 3.63) is 48.0 Å². The van der Waals surface area contributed by atoms with Crippen molar-refractivity contribution >= 4 is 0 Å². The summed E-state index contributed by atoms with van der Waals surface area (Å²) < 4.78 is 7.21. The molecule has 1 aliphatic carbocycles. The second-order valence-corrected chi connectivity index (χ2v) is 4.73. The van der Waals surface area contributed by atoms with Crippen molar-refractivity contribution < 1.29 is 4.74 Å². The SMILES string of the molecule is COCCn1cnnc1C1CC1c1ccccc1. The number of aromatic nitrogens is 3. The molecule has 2 unspecified atom stereocenters. The zero-order valence-electron chi connectivity index (χ0n) is 10.5. The van der Waals surface area contributed by atoms with Crippen LogP contribution in [-0.4, -0.2) is 28.5 Å². The fraction of sp³-hybridized carbons (Fsp3) is 0.429. The second-order valence-electron chi connectivity index (χ2n) is 4.73. The quantitative estimate of drug-likeness (QED) is 0.808. The normalized spacial score (nSPS) is 22.1. The van der Waals surface area contributed by atoms with Crippen LogP contribution >= 0.6 is 0 Å². The Morgan fingerprint density at radius 1 is 1.28 bits per heavy atom. The largest absolute Gasteiger partial charge is 0.383 e. The summed E-state index contributed by atoms with van der Waals surface area (Å²) in [5.74, 6) is 2.23. The standard InChI is InChI=1S/C14H17N3O/c1-18-8-7-17-10-15-16-14(17)13-9-12(13)11-5-3-2-4-6-11/h2-6,10,12-13H,7-9H2,1H3. The summed E-state index contributed by atoms with van der Waals surface area (Å²) in [5.41, 5.74) is 1.41. The Hall–Kier alpha value is -1.68.